The van der Waals surface area contributed by atoms with Gasteiger partial charge in [-0.1, -0.05) is 6.42 Å². The fourth-order valence-electron chi connectivity index (χ4n) is 3.01. The van der Waals surface area contributed by atoms with Gasteiger partial charge in [-0.2, -0.15) is 0 Å². The Bertz CT molecular complexity index is 496. The largest absolute Gasteiger partial charge is 0.397 e. The molecule has 1 aromatic carbocycles. The third-order valence-electron chi connectivity index (χ3n) is 4.26. The highest BCUT2D eigenvalue weighted by atomic mass is 19.1. The van der Waals surface area contributed by atoms with Crippen molar-refractivity contribution in [3.63, 3.8) is 0 Å². The second-order valence-corrected chi connectivity index (χ2v) is 5.90. The molecule has 1 saturated heterocycles. The number of nitrogen functional groups attached to an aromatic ring is 1. The van der Waals surface area contributed by atoms with Crippen LogP contribution >= 0.6 is 0 Å². The summed E-state index contributed by atoms with van der Waals surface area (Å²) >= 11 is 0. The lowest BCUT2D eigenvalue weighted by molar-refractivity contribution is -0.116. The van der Waals surface area contributed by atoms with Crippen LogP contribution in [0.3, 0.4) is 0 Å². The molecular formula is C16H24FN3O. The lowest BCUT2D eigenvalue weighted by Gasteiger charge is -2.38. The third kappa shape index (κ3) is 4.17. The van der Waals surface area contributed by atoms with Crippen molar-refractivity contribution >= 4 is 17.3 Å². The first-order chi connectivity index (χ1) is 9.97. The topological polar surface area (TPSA) is 58.4 Å². The van der Waals surface area contributed by atoms with Crippen molar-refractivity contribution in [1.29, 1.82) is 0 Å². The number of nitrogens with zero attached hydrogens (tertiary/aromatic N) is 1. The van der Waals surface area contributed by atoms with E-state index in [1.165, 1.54) is 37.5 Å². The number of piperidine rings is 1. The van der Waals surface area contributed by atoms with Crippen LogP contribution < -0.4 is 11.1 Å². The molecule has 4 nitrogen and oxygen atoms in total. The molecule has 21 heavy (non-hydrogen) atoms. The van der Waals surface area contributed by atoms with Crippen molar-refractivity contribution in [2.75, 3.05) is 17.6 Å². The predicted molar refractivity (Wildman–Crippen MR) is 83.5 cm³/mol. The zero-order valence-electron chi connectivity index (χ0n) is 12.7. The summed E-state index contributed by atoms with van der Waals surface area (Å²) in [6.07, 6.45) is 4.07. The SMILES string of the molecule is C[C@@H]1CCC[C@H](C)N1CCC(=O)Nc1ccc(F)cc1N. The molecule has 0 aliphatic carbocycles. The molecule has 0 unspecified atom stereocenters. The summed E-state index contributed by atoms with van der Waals surface area (Å²) in [6, 6.07) is 5.05. The number of anilines is 2. The summed E-state index contributed by atoms with van der Waals surface area (Å²) < 4.78 is 13.0. The molecule has 2 rings (SSSR count). The molecule has 0 saturated carbocycles. The van der Waals surface area contributed by atoms with Gasteiger partial charge in [0.1, 0.15) is 5.82 Å². The number of benzene rings is 1. The van der Waals surface area contributed by atoms with Crippen LogP contribution in [0.1, 0.15) is 39.5 Å². The summed E-state index contributed by atoms with van der Waals surface area (Å²) in [5.41, 5.74) is 6.41. The van der Waals surface area contributed by atoms with Gasteiger partial charge in [-0.25, -0.2) is 4.39 Å². The second kappa shape index (κ2) is 6.89. The van der Waals surface area contributed by atoms with Crippen LogP contribution in [-0.2, 0) is 4.79 Å². The molecule has 1 amide bonds. The van der Waals surface area contributed by atoms with Crippen LogP contribution in [-0.4, -0.2) is 29.4 Å². The molecule has 1 fully saturated rings. The minimum Gasteiger partial charge on any atom is -0.397 e. The third-order valence-corrected chi connectivity index (χ3v) is 4.26. The fourth-order valence-corrected chi connectivity index (χ4v) is 3.01. The van der Waals surface area contributed by atoms with E-state index in [-0.39, 0.29) is 11.6 Å². The van der Waals surface area contributed by atoms with Gasteiger partial charge in [-0.3, -0.25) is 9.69 Å². The van der Waals surface area contributed by atoms with E-state index in [1.807, 2.05) is 0 Å². The molecule has 1 aliphatic heterocycles. The van der Waals surface area contributed by atoms with Gasteiger partial charge < -0.3 is 11.1 Å². The Labute approximate surface area is 125 Å². The number of carbonyl (C=O) groups excluding carboxylic acids is 1. The summed E-state index contributed by atoms with van der Waals surface area (Å²) in [6.45, 7) is 5.17. The van der Waals surface area contributed by atoms with Crippen molar-refractivity contribution in [2.24, 2.45) is 0 Å². The van der Waals surface area contributed by atoms with Gasteiger partial charge in [-0.15, -0.1) is 0 Å². The van der Waals surface area contributed by atoms with Gasteiger partial charge >= 0.3 is 0 Å². The van der Waals surface area contributed by atoms with E-state index in [9.17, 15) is 9.18 Å². The quantitative estimate of drug-likeness (QED) is 0.839. The summed E-state index contributed by atoms with van der Waals surface area (Å²) in [5.74, 6) is -0.486. The maximum atomic E-state index is 13.0. The molecule has 2 atom stereocenters. The Kier molecular flexibility index (Phi) is 5.17. The van der Waals surface area contributed by atoms with Crippen molar-refractivity contribution in [3.05, 3.63) is 24.0 Å². The van der Waals surface area contributed by atoms with Crippen LogP contribution in [0.4, 0.5) is 15.8 Å². The van der Waals surface area contributed by atoms with E-state index in [1.54, 1.807) is 0 Å². The van der Waals surface area contributed by atoms with E-state index in [4.69, 9.17) is 5.73 Å². The van der Waals surface area contributed by atoms with Crippen molar-refractivity contribution in [2.45, 2.75) is 51.6 Å². The van der Waals surface area contributed by atoms with Crippen molar-refractivity contribution in [1.82, 2.24) is 4.90 Å². The Morgan fingerprint density at radius 1 is 1.38 bits per heavy atom. The van der Waals surface area contributed by atoms with E-state index < -0.39 is 5.82 Å². The van der Waals surface area contributed by atoms with E-state index in [0.717, 1.165) is 6.54 Å². The Morgan fingerprint density at radius 2 is 2.05 bits per heavy atom. The predicted octanol–water partition coefficient (Wildman–Crippen LogP) is 3.00. The number of hydrogen-bond acceptors (Lipinski definition) is 3. The molecule has 1 aromatic rings. The number of nitrogens with two attached hydrogens (primary N) is 1. The number of halogens is 1. The van der Waals surface area contributed by atoms with Gasteiger partial charge in [0.15, 0.2) is 0 Å². The highest BCUT2D eigenvalue weighted by Crippen LogP contribution is 2.23. The normalized spacial score (nSPS) is 23.0. The van der Waals surface area contributed by atoms with Gasteiger partial charge in [0.25, 0.3) is 0 Å². The fraction of sp³-hybridized carbons (Fsp3) is 0.562. The van der Waals surface area contributed by atoms with Crippen LogP contribution in [0.2, 0.25) is 0 Å². The molecule has 3 N–H and O–H groups in total. The van der Waals surface area contributed by atoms with Crippen molar-refractivity contribution < 1.29 is 9.18 Å². The van der Waals surface area contributed by atoms with Crippen LogP contribution in [0.15, 0.2) is 18.2 Å². The molecule has 0 radical (unpaired) electrons. The maximum absolute atomic E-state index is 13.0. The Morgan fingerprint density at radius 3 is 2.67 bits per heavy atom. The minimum absolute atomic E-state index is 0.0849. The first kappa shape index (κ1) is 15.8. The molecule has 116 valence electrons. The van der Waals surface area contributed by atoms with E-state index in [2.05, 4.69) is 24.1 Å². The first-order valence-electron chi connectivity index (χ1n) is 7.58. The summed E-state index contributed by atoms with van der Waals surface area (Å²) in [7, 11) is 0. The number of hydrogen-bond donors (Lipinski definition) is 2. The number of amides is 1. The standard InChI is InChI=1S/C16H24FN3O/c1-11-4-3-5-12(2)20(11)9-8-16(21)19-15-7-6-13(17)10-14(15)18/h6-7,10-12H,3-5,8-9,18H2,1-2H3,(H,19,21)/t11-,12+. The second-order valence-electron chi connectivity index (χ2n) is 5.90. The van der Waals surface area contributed by atoms with Crippen molar-refractivity contribution in [3.8, 4) is 0 Å². The zero-order chi connectivity index (χ0) is 15.4. The Hall–Kier alpha value is -1.62. The molecule has 0 aromatic heterocycles. The monoisotopic (exact) mass is 293 g/mol. The lowest BCUT2D eigenvalue weighted by Crippen LogP contribution is -2.44. The van der Waals surface area contributed by atoms with E-state index in [0.29, 0.717) is 24.2 Å². The smallest absolute Gasteiger partial charge is 0.225 e. The first-order valence-corrected chi connectivity index (χ1v) is 7.58. The van der Waals surface area contributed by atoms with Gasteiger partial charge in [0.2, 0.25) is 5.91 Å². The molecule has 0 bridgehead atoms. The molecule has 5 heteroatoms. The average molecular weight is 293 g/mol. The van der Waals surface area contributed by atoms with E-state index >= 15 is 0 Å². The van der Waals surface area contributed by atoms with Crippen LogP contribution in [0.25, 0.3) is 0 Å². The van der Waals surface area contributed by atoms with Gasteiger partial charge in [-0.05, 0) is 44.9 Å². The molecule has 0 spiro atoms. The molecule has 1 heterocycles. The van der Waals surface area contributed by atoms with Crippen LogP contribution in [0, 0.1) is 5.82 Å². The van der Waals surface area contributed by atoms with Crippen LogP contribution in [0.5, 0.6) is 0 Å². The molecule has 1 aliphatic rings. The maximum Gasteiger partial charge on any atom is 0.225 e. The molecular weight excluding hydrogens is 269 g/mol. The summed E-state index contributed by atoms with van der Waals surface area (Å²) in [5, 5.41) is 2.75. The number of likely N-dealkylation sites (tertiary alicyclic amines) is 1. The summed E-state index contributed by atoms with van der Waals surface area (Å²) in [4.78, 5) is 14.4. The average Bonchev–Trinajstić information content (AvgIpc) is 2.41. The minimum atomic E-state index is -0.401. The Balaban J connectivity index is 1.87. The lowest BCUT2D eigenvalue weighted by atomic mass is 9.97. The number of nitrogens with one attached hydrogen (secondary N) is 1. The highest BCUT2D eigenvalue weighted by Gasteiger charge is 2.24. The number of rotatable bonds is 4. The number of carbonyl (C=O) groups is 1. The zero-order valence-corrected chi connectivity index (χ0v) is 12.7. The van der Waals surface area contributed by atoms with Gasteiger partial charge in [0.05, 0.1) is 11.4 Å². The van der Waals surface area contributed by atoms with Gasteiger partial charge in [0, 0.05) is 25.0 Å². The highest BCUT2D eigenvalue weighted by molar-refractivity contribution is 5.93.